The lowest BCUT2D eigenvalue weighted by atomic mass is 9.74. The Morgan fingerprint density at radius 3 is 2.09 bits per heavy atom. The van der Waals surface area contributed by atoms with Crippen LogP contribution < -0.4 is 4.74 Å². The number of nitrogens with zero attached hydrogens (tertiary/aromatic N) is 1. The lowest BCUT2D eigenvalue weighted by molar-refractivity contribution is 0.190. The van der Waals surface area contributed by atoms with Gasteiger partial charge in [-0.2, -0.15) is 0 Å². The van der Waals surface area contributed by atoms with Crippen molar-refractivity contribution in [2.75, 3.05) is 6.61 Å². The van der Waals surface area contributed by atoms with Gasteiger partial charge in [0.2, 0.25) is 0 Å². The molecule has 0 bridgehead atoms. The quantitative estimate of drug-likeness (QED) is 0.231. The van der Waals surface area contributed by atoms with Gasteiger partial charge in [0.25, 0.3) is 0 Å². The van der Waals surface area contributed by atoms with E-state index in [1.165, 1.54) is 102 Å². The van der Waals surface area contributed by atoms with Gasteiger partial charge in [0.15, 0.2) is 0 Å². The fraction of sp³-hybridized carbons (Fsp3) is 0.656. The molecule has 1 aromatic heterocycles. The standard InChI is InChI=1S/C32H49NO/c1-3-5-7-8-10-15-28-16-11-12-17-29(28)18-13-25-34-31-22-20-30(21-23-31)32-24-19-27(26-33-32)14-9-6-4-2/h19-24,26,28-29H,3-18,25H2,1-2H3. The van der Waals surface area contributed by atoms with Crippen LogP contribution >= 0.6 is 0 Å². The van der Waals surface area contributed by atoms with Gasteiger partial charge >= 0.3 is 0 Å². The maximum Gasteiger partial charge on any atom is 0.119 e. The Morgan fingerprint density at radius 1 is 0.735 bits per heavy atom. The van der Waals surface area contributed by atoms with Crippen molar-refractivity contribution in [2.24, 2.45) is 11.8 Å². The summed E-state index contributed by atoms with van der Waals surface area (Å²) in [5, 5.41) is 0. The van der Waals surface area contributed by atoms with E-state index in [0.29, 0.717) is 0 Å². The minimum Gasteiger partial charge on any atom is -0.494 e. The van der Waals surface area contributed by atoms with Crippen LogP contribution in [0.1, 0.15) is 116 Å². The minimum atomic E-state index is 0.837. The summed E-state index contributed by atoms with van der Waals surface area (Å²) in [5.41, 5.74) is 3.55. The number of benzene rings is 1. The molecule has 34 heavy (non-hydrogen) atoms. The maximum absolute atomic E-state index is 6.10. The first-order valence-electron chi connectivity index (χ1n) is 14.5. The van der Waals surface area contributed by atoms with Gasteiger partial charge in [-0.3, -0.25) is 4.98 Å². The van der Waals surface area contributed by atoms with Gasteiger partial charge in [-0.05, 0) is 73.4 Å². The molecule has 0 aliphatic heterocycles. The van der Waals surface area contributed by atoms with E-state index < -0.39 is 0 Å². The molecule has 2 atom stereocenters. The lowest BCUT2D eigenvalue weighted by Gasteiger charge is -2.31. The van der Waals surface area contributed by atoms with E-state index in [2.05, 4.69) is 55.2 Å². The van der Waals surface area contributed by atoms with Gasteiger partial charge in [-0.25, -0.2) is 0 Å². The van der Waals surface area contributed by atoms with Crippen molar-refractivity contribution >= 4 is 0 Å². The summed E-state index contributed by atoms with van der Waals surface area (Å²) in [6.45, 7) is 5.39. The molecule has 2 unspecified atom stereocenters. The number of rotatable bonds is 16. The van der Waals surface area contributed by atoms with E-state index in [4.69, 9.17) is 4.74 Å². The van der Waals surface area contributed by atoms with Crippen LogP contribution in [0.2, 0.25) is 0 Å². The van der Waals surface area contributed by atoms with Crippen molar-refractivity contribution in [3.05, 3.63) is 48.2 Å². The highest BCUT2D eigenvalue weighted by Gasteiger charge is 2.24. The van der Waals surface area contributed by atoms with Crippen LogP contribution in [0.25, 0.3) is 11.3 Å². The molecule has 1 saturated carbocycles. The maximum atomic E-state index is 6.10. The van der Waals surface area contributed by atoms with Crippen LogP contribution in [-0.2, 0) is 6.42 Å². The minimum absolute atomic E-state index is 0.837. The van der Waals surface area contributed by atoms with Crippen LogP contribution in [0.4, 0.5) is 0 Å². The fourth-order valence-corrected chi connectivity index (χ4v) is 5.63. The SMILES string of the molecule is CCCCCCCC1CCCCC1CCCOc1ccc(-c2ccc(CCCCC)cn2)cc1. The highest BCUT2D eigenvalue weighted by atomic mass is 16.5. The number of aryl methyl sites for hydroxylation is 1. The summed E-state index contributed by atoms with van der Waals surface area (Å²) >= 11 is 0. The van der Waals surface area contributed by atoms with Crippen molar-refractivity contribution in [1.29, 1.82) is 0 Å². The number of ether oxygens (including phenoxy) is 1. The van der Waals surface area contributed by atoms with Crippen LogP contribution in [0.5, 0.6) is 5.75 Å². The van der Waals surface area contributed by atoms with Gasteiger partial charge in [0.1, 0.15) is 5.75 Å². The average Bonchev–Trinajstić information content (AvgIpc) is 2.88. The monoisotopic (exact) mass is 463 g/mol. The molecule has 1 aliphatic carbocycles. The normalized spacial score (nSPS) is 18.2. The lowest BCUT2D eigenvalue weighted by Crippen LogP contribution is -2.20. The van der Waals surface area contributed by atoms with Crippen LogP contribution in [0.15, 0.2) is 42.6 Å². The second kappa shape index (κ2) is 16.0. The third-order valence-electron chi connectivity index (χ3n) is 7.78. The molecule has 1 heterocycles. The molecule has 0 radical (unpaired) electrons. The Morgan fingerprint density at radius 2 is 1.41 bits per heavy atom. The molecule has 2 nitrogen and oxygen atoms in total. The number of pyridine rings is 1. The molecule has 0 saturated heterocycles. The van der Waals surface area contributed by atoms with Crippen LogP contribution in [-0.4, -0.2) is 11.6 Å². The third-order valence-corrected chi connectivity index (χ3v) is 7.78. The summed E-state index contributed by atoms with van der Waals surface area (Å²) in [5.74, 6) is 2.89. The number of unbranched alkanes of at least 4 members (excludes halogenated alkanes) is 6. The predicted octanol–water partition coefficient (Wildman–Crippen LogP) is 9.81. The van der Waals surface area contributed by atoms with Gasteiger partial charge in [0.05, 0.1) is 12.3 Å². The first kappa shape index (κ1) is 26.8. The van der Waals surface area contributed by atoms with Gasteiger partial charge < -0.3 is 4.74 Å². The van der Waals surface area contributed by atoms with Crippen LogP contribution in [0.3, 0.4) is 0 Å². The second-order valence-electron chi connectivity index (χ2n) is 10.5. The molecule has 1 aliphatic rings. The molecule has 0 amide bonds. The summed E-state index contributed by atoms with van der Waals surface area (Å²) in [4.78, 5) is 4.69. The first-order valence-corrected chi connectivity index (χ1v) is 14.5. The Hall–Kier alpha value is -1.83. The molecular weight excluding hydrogens is 414 g/mol. The highest BCUT2D eigenvalue weighted by Crippen LogP contribution is 2.36. The van der Waals surface area contributed by atoms with E-state index in [1.807, 2.05) is 6.20 Å². The van der Waals surface area contributed by atoms with Crippen molar-refractivity contribution in [1.82, 2.24) is 4.98 Å². The molecule has 3 rings (SSSR count). The Labute approximate surface area is 209 Å². The van der Waals surface area contributed by atoms with Crippen molar-refractivity contribution in [2.45, 2.75) is 117 Å². The molecule has 0 N–H and O–H groups in total. The molecule has 2 aromatic rings. The van der Waals surface area contributed by atoms with E-state index in [9.17, 15) is 0 Å². The van der Waals surface area contributed by atoms with E-state index in [1.54, 1.807) is 0 Å². The number of hydrogen-bond acceptors (Lipinski definition) is 2. The average molecular weight is 464 g/mol. The summed E-state index contributed by atoms with van der Waals surface area (Å²) < 4.78 is 6.10. The first-order chi connectivity index (χ1) is 16.8. The predicted molar refractivity (Wildman–Crippen MR) is 146 cm³/mol. The summed E-state index contributed by atoms with van der Waals surface area (Å²) in [7, 11) is 0. The second-order valence-corrected chi connectivity index (χ2v) is 10.5. The molecule has 2 heteroatoms. The number of aromatic nitrogens is 1. The van der Waals surface area contributed by atoms with E-state index in [0.717, 1.165) is 41.9 Å². The molecular formula is C32H49NO. The summed E-state index contributed by atoms with van der Waals surface area (Å²) in [6.07, 6.45) is 23.8. The fourth-order valence-electron chi connectivity index (χ4n) is 5.63. The molecule has 0 spiro atoms. The smallest absolute Gasteiger partial charge is 0.119 e. The Kier molecular flexibility index (Phi) is 12.6. The van der Waals surface area contributed by atoms with Gasteiger partial charge in [0, 0.05) is 11.8 Å². The Balaban J connectivity index is 1.37. The van der Waals surface area contributed by atoms with E-state index in [-0.39, 0.29) is 0 Å². The summed E-state index contributed by atoms with van der Waals surface area (Å²) in [6, 6.07) is 12.9. The zero-order valence-corrected chi connectivity index (χ0v) is 22.1. The zero-order valence-electron chi connectivity index (χ0n) is 22.1. The topological polar surface area (TPSA) is 22.1 Å². The largest absolute Gasteiger partial charge is 0.494 e. The molecule has 1 aromatic carbocycles. The molecule has 1 fully saturated rings. The van der Waals surface area contributed by atoms with Crippen molar-refractivity contribution in [3.63, 3.8) is 0 Å². The van der Waals surface area contributed by atoms with E-state index >= 15 is 0 Å². The number of hydrogen-bond donors (Lipinski definition) is 0. The molecule has 188 valence electrons. The Bertz CT molecular complexity index is 767. The third kappa shape index (κ3) is 9.43. The highest BCUT2D eigenvalue weighted by molar-refractivity contribution is 5.60. The zero-order chi connectivity index (χ0) is 23.8. The van der Waals surface area contributed by atoms with Crippen LogP contribution in [0, 0.1) is 11.8 Å². The van der Waals surface area contributed by atoms with Crippen molar-refractivity contribution in [3.8, 4) is 17.0 Å². The van der Waals surface area contributed by atoms with Gasteiger partial charge in [-0.1, -0.05) is 97.0 Å². The van der Waals surface area contributed by atoms with Gasteiger partial charge in [-0.15, -0.1) is 0 Å². The van der Waals surface area contributed by atoms with Crippen molar-refractivity contribution < 1.29 is 4.74 Å².